The minimum Gasteiger partial charge on any atom is -0.462 e. The van der Waals surface area contributed by atoms with Crippen LogP contribution in [0, 0.1) is 0 Å². The van der Waals surface area contributed by atoms with Gasteiger partial charge in [-0.2, -0.15) is 0 Å². The molecule has 0 saturated heterocycles. The number of rotatable bonds is 46. The van der Waals surface area contributed by atoms with Crippen LogP contribution in [0.2, 0.25) is 0 Å². The van der Waals surface area contributed by atoms with E-state index >= 15 is 0 Å². The van der Waals surface area contributed by atoms with Gasteiger partial charge in [0.1, 0.15) is 6.61 Å². The second-order valence-electron chi connectivity index (χ2n) is 16.7. The smallest absolute Gasteiger partial charge is 0.306 e. The number of esters is 2. The average Bonchev–Trinajstić information content (AvgIpc) is 3.20. The summed E-state index contributed by atoms with van der Waals surface area (Å²) < 4.78 is 17.3. The van der Waals surface area contributed by atoms with Gasteiger partial charge in [0, 0.05) is 19.4 Å². The molecule has 0 aliphatic rings. The van der Waals surface area contributed by atoms with Gasteiger partial charge in [-0.15, -0.1) is 0 Å². The van der Waals surface area contributed by atoms with Crippen LogP contribution in [0.5, 0.6) is 0 Å². The fourth-order valence-electron chi connectivity index (χ4n) is 7.25. The Hall–Kier alpha value is -1.62. The van der Waals surface area contributed by atoms with E-state index in [1.165, 1.54) is 186 Å². The summed E-state index contributed by atoms with van der Waals surface area (Å²) in [5, 5.41) is 0. The number of hydrogen-bond donors (Lipinski definition) is 0. The van der Waals surface area contributed by atoms with Crippen LogP contribution in [-0.2, 0) is 23.8 Å². The van der Waals surface area contributed by atoms with Crippen LogP contribution in [0.3, 0.4) is 0 Å². The summed E-state index contributed by atoms with van der Waals surface area (Å²) in [4.78, 5) is 25.2. The highest BCUT2D eigenvalue weighted by Crippen LogP contribution is 2.15. The third kappa shape index (κ3) is 45.1. The van der Waals surface area contributed by atoms with Gasteiger partial charge in [-0.25, -0.2) is 0 Å². The van der Waals surface area contributed by atoms with E-state index in [0.29, 0.717) is 19.4 Å². The lowest BCUT2D eigenvalue weighted by Gasteiger charge is -2.18. The van der Waals surface area contributed by atoms with E-state index in [1.807, 2.05) is 0 Å². The summed E-state index contributed by atoms with van der Waals surface area (Å²) in [6.45, 7) is 7.79. The lowest BCUT2D eigenvalue weighted by molar-refractivity contribution is -0.163. The Bertz CT molecular complexity index is 851. The molecule has 0 N–H and O–H groups in total. The Labute approximate surface area is 349 Å². The Morgan fingerprint density at radius 1 is 0.393 bits per heavy atom. The van der Waals surface area contributed by atoms with Crippen LogP contribution in [-0.4, -0.2) is 37.9 Å². The average molecular weight is 789 g/mol. The molecule has 1 atom stereocenters. The molecule has 0 aromatic rings. The summed E-state index contributed by atoms with van der Waals surface area (Å²) >= 11 is 0. The number of hydrogen-bond acceptors (Lipinski definition) is 5. The zero-order chi connectivity index (χ0) is 40.7. The van der Waals surface area contributed by atoms with E-state index in [9.17, 15) is 9.59 Å². The molecular formula is C51H96O5. The highest BCUT2D eigenvalue weighted by molar-refractivity contribution is 5.70. The maximum atomic E-state index is 12.6. The Morgan fingerprint density at radius 3 is 1.21 bits per heavy atom. The van der Waals surface area contributed by atoms with Crippen molar-refractivity contribution >= 4 is 11.9 Å². The lowest BCUT2D eigenvalue weighted by Crippen LogP contribution is -2.30. The molecule has 1 unspecified atom stereocenters. The first-order chi connectivity index (χ1) is 27.6. The predicted octanol–water partition coefficient (Wildman–Crippen LogP) is 16.5. The largest absolute Gasteiger partial charge is 0.462 e. The molecule has 0 aliphatic heterocycles. The summed E-state index contributed by atoms with van der Waals surface area (Å²) in [6, 6.07) is 0. The maximum absolute atomic E-state index is 12.6. The van der Waals surface area contributed by atoms with Gasteiger partial charge in [0.25, 0.3) is 0 Å². The first-order valence-corrected chi connectivity index (χ1v) is 24.9. The highest BCUT2D eigenvalue weighted by Gasteiger charge is 2.17. The monoisotopic (exact) mass is 789 g/mol. The molecule has 56 heavy (non-hydrogen) atoms. The number of ether oxygens (including phenoxy) is 3. The van der Waals surface area contributed by atoms with E-state index in [-0.39, 0.29) is 25.2 Å². The summed E-state index contributed by atoms with van der Waals surface area (Å²) in [7, 11) is 0. The van der Waals surface area contributed by atoms with Gasteiger partial charge >= 0.3 is 11.9 Å². The third-order valence-corrected chi connectivity index (χ3v) is 11.0. The van der Waals surface area contributed by atoms with Crippen molar-refractivity contribution in [3.8, 4) is 0 Å². The second kappa shape index (κ2) is 47.8. The van der Waals surface area contributed by atoms with Crippen molar-refractivity contribution in [3.63, 3.8) is 0 Å². The molecule has 0 bridgehead atoms. The number of unbranched alkanes of at least 4 members (excludes halogenated alkanes) is 31. The fraction of sp³-hybridized carbons (Fsp3) is 0.882. The minimum atomic E-state index is -0.531. The molecule has 0 aromatic carbocycles. The maximum Gasteiger partial charge on any atom is 0.306 e. The first kappa shape index (κ1) is 54.4. The third-order valence-electron chi connectivity index (χ3n) is 11.0. The van der Waals surface area contributed by atoms with Crippen molar-refractivity contribution in [2.75, 3.05) is 19.8 Å². The predicted molar refractivity (Wildman–Crippen MR) is 242 cm³/mol. The van der Waals surface area contributed by atoms with Crippen LogP contribution in [0.4, 0.5) is 0 Å². The van der Waals surface area contributed by atoms with Crippen molar-refractivity contribution in [2.45, 2.75) is 271 Å². The Morgan fingerprint density at radius 2 is 0.750 bits per heavy atom. The second-order valence-corrected chi connectivity index (χ2v) is 16.7. The van der Waals surface area contributed by atoms with E-state index in [4.69, 9.17) is 14.2 Å². The van der Waals surface area contributed by atoms with Crippen LogP contribution in [0.25, 0.3) is 0 Å². The fourth-order valence-corrected chi connectivity index (χ4v) is 7.25. The van der Waals surface area contributed by atoms with Crippen molar-refractivity contribution in [3.05, 3.63) is 24.3 Å². The molecule has 0 rings (SSSR count). The van der Waals surface area contributed by atoms with E-state index in [2.05, 4.69) is 45.1 Å². The normalized spacial score (nSPS) is 12.3. The van der Waals surface area contributed by atoms with Crippen LogP contribution < -0.4 is 0 Å². The number of carbonyl (C=O) groups excluding carboxylic acids is 2. The van der Waals surface area contributed by atoms with Gasteiger partial charge in [0.2, 0.25) is 0 Å². The number of carbonyl (C=O) groups is 2. The van der Waals surface area contributed by atoms with E-state index < -0.39 is 6.10 Å². The van der Waals surface area contributed by atoms with Gasteiger partial charge in [0.15, 0.2) is 6.10 Å². The molecule has 0 fully saturated rings. The SMILES string of the molecule is CCCCC/C=C\C/C=C\CCCCCCCCOCC(COC(=O)CCCCCCCCCCCCCCCCCCC)OC(=O)CCCCCCCCC. The molecule has 0 radical (unpaired) electrons. The van der Waals surface area contributed by atoms with Gasteiger partial charge in [0.05, 0.1) is 6.61 Å². The summed E-state index contributed by atoms with van der Waals surface area (Å²) in [5.41, 5.74) is 0. The molecule has 0 amide bonds. The molecular weight excluding hydrogens is 693 g/mol. The first-order valence-electron chi connectivity index (χ1n) is 24.9. The topological polar surface area (TPSA) is 61.8 Å². The zero-order valence-corrected chi connectivity index (χ0v) is 37.9. The molecule has 0 spiro atoms. The van der Waals surface area contributed by atoms with Gasteiger partial charge in [-0.1, -0.05) is 225 Å². The molecule has 0 aliphatic carbocycles. The molecule has 0 saturated carbocycles. The molecule has 0 heterocycles. The van der Waals surface area contributed by atoms with Crippen LogP contribution in [0.1, 0.15) is 265 Å². The van der Waals surface area contributed by atoms with Crippen molar-refractivity contribution in [1.82, 2.24) is 0 Å². The van der Waals surface area contributed by atoms with E-state index in [0.717, 1.165) is 44.9 Å². The molecule has 330 valence electrons. The van der Waals surface area contributed by atoms with E-state index in [1.54, 1.807) is 0 Å². The highest BCUT2D eigenvalue weighted by atomic mass is 16.6. The van der Waals surface area contributed by atoms with Crippen molar-refractivity contribution in [1.29, 1.82) is 0 Å². The Balaban J connectivity index is 4.09. The van der Waals surface area contributed by atoms with Crippen molar-refractivity contribution < 1.29 is 23.8 Å². The zero-order valence-electron chi connectivity index (χ0n) is 37.9. The van der Waals surface area contributed by atoms with Crippen LogP contribution >= 0.6 is 0 Å². The quantitative estimate of drug-likeness (QED) is 0.0349. The van der Waals surface area contributed by atoms with Crippen molar-refractivity contribution in [2.24, 2.45) is 0 Å². The van der Waals surface area contributed by atoms with Gasteiger partial charge in [-0.05, 0) is 51.4 Å². The molecule has 0 aromatic heterocycles. The summed E-state index contributed by atoms with van der Waals surface area (Å²) in [6.07, 6.45) is 54.8. The number of allylic oxidation sites excluding steroid dienone is 4. The molecule has 5 nitrogen and oxygen atoms in total. The van der Waals surface area contributed by atoms with Gasteiger partial charge in [-0.3, -0.25) is 9.59 Å². The molecule has 5 heteroatoms. The standard InChI is InChI=1S/C51H96O5/c1-4-7-10-13-16-18-20-22-24-26-27-29-31-33-36-38-41-44-50(52)55-48-49(56-51(53)45-42-39-35-15-12-9-6-3)47-54-46-43-40-37-34-32-30-28-25-23-21-19-17-14-11-8-5-2/h17,19,23,25,49H,4-16,18,20-22,24,26-48H2,1-3H3/b19-17-,25-23-. The lowest BCUT2D eigenvalue weighted by atomic mass is 10.0. The van der Waals surface area contributed by atoms with Gasteiger partial charge < -0.3 is 14.2 Å². The minimum absolute atomic E-state index is 0.0875. The Kier molecular flexibility index (Phi) is 46.4. The van der Waals surface area contributed by atoms with Crippen LogP contribution in [0.15, 0.2) is 24.3 Å². The summed E-state index contributed by atoms with van der Waals surface area (Å²) in [5.74, 6) is -0.394.